The van der Waals surface area contributed by atoms with Crippen LogP contribution < -0.4 is 5.32 Å². The van der Waals surface area contributed by atoms with E-state index < -0.39 is 18.2 Å². The number of hydrogen-bond acceptors (Lipinski definition) is 5. The lowest BCUT2D eigenvalue weighted by atomic mass is 10.0. The van der Waals surface area contributed by atoms with Gasteiger partial charge in [0.25, 0.3) is 0 Å². The lowest BCUT2D eigenvalue weighted by Gasteiger charge is -2.24. The van der Waals surface area contributed by atoms with Crippen LogP contribution in [0.15, 0.2) is 12.2 Å². The first-order valence-electron chi connectivity index (χ1n) is 26.9. The van der Waals surface area contributed by atoms with Crippen LogP contribution in [0.3, 0.4) is 0 Å². The molecule has 0 bridgehead atoms. The minimum atomic E-state index is -0.788. The van der Waals surface area contributed by atoms with E-state index in [-0.39, 0.29) is 24.9 Å². The van der Waals surface area contributed by atoms with Crippen LogP contribution in [0.1, 0.15) is 297 Å². The molecule has 0 rings (SSSR count). The van der Waals surface area contributed by atoms with Gasteiger partial charge in [0.2, 0.25) is 5.91 Å². The van der Waals surface area contributed by atoms with Gasteiger partial charge in [-0.15, -0.1) is 0 Å². The van der Waals surface area contributed by atoms with Crippen molar-refractivity contribution in [2.75, 3.05) is 6.61 Å². The van der Waals surface area contributed by atoms with Gasteiger partial charge < -0.3 is 20.3 Å². The summed E-state index contributed by atoms with van der Waals surface area (Å²) in [6, 6.07) is -0.703. The average molecular weight is 848 g/mol. The molecule has 0 aromatic carbocycles. The third kappa shape index (κ3) is 43.3. The number of allylic oxidation sites excluding steroid dienone is 2. The molecule has 3 N–H and O–H groups in total. The highest BCUT2D eigenvalue weighted by molar-refractivity contribution is 5.77. The molecule has 6 nitrogen and oxygen atoms in total. The molecule has 356 valence electrons. The van der Waals surface area contributed by atoms with Gasteiger partial charge in [0, 0.05) is 6.42 Å². The molecule has 6 heteroatoms. The first kappa shape index (κ1) is 58.6. The van der Waals surface area contributed by atoms with Crippen molar-refractivity contribution in [3.05, 3.63) is 12.2 Å². The standard InChI is InChI=1S/C54H105NO5/c1-4-7-10-13-16-19-22-24-26-28-31-34-37-40-43-46-52(57)51(49-56)55-53(58)48-50(45-42-39-36-33-30-21-18-15-12-9-6-3)60-54(59)47-44-41-38-35-32-29-27-25-23-20-17-14-11-8-5-2/h33,36,50-52,56-57H,4-32,34-35,37-49H2,1-3H3,(H,55,58)/b36-33-. The molecule has 0 fully saturated rings. The van der Waals surface area contributed by atoms with Crippen LogP contribution in [0.4, 0.5) is 0 Å². The molecule has 0 aromatic heterocycles. The van der Waals surface area contributed by atoms with Gasteiger partial charge in [0.15, 0.2) is 0 Å². The van der Waals surface area contributed by atoms with Crippen molar-refractivity contribution in [1.82, 2.24) is 5.32 Å². The van der Waals surface area contributed by atoms with E-state index in [4.69, 9.17) is 4.74 Å². The predicted octanol–water partition coefficient (Wildman–Crippen LogP) is 16.1. The largest absolute Gasteiger partial charge is 0.462 e. The van der Waals surface area contributed by atoms with Gasteiger partial charge in [-0.3, -0.25) is 9.59 Å². The molecule has 60 heavy (non-hydrogen) atoms. The first-order chi connectivity index (χ1) is 29.5. The molecule has 0 aromatic rings. The van der Waals surface area contributed by atoms with Crippen LogP contribution >= 0.6 is 0 Å². The Kier molecular flexibility index (Phi) is 47.5. The second-order valence-corrected chi connectivity index (χ2v) is 18.6. The SMILES string of the molecule is CCCCCCCC/C=C\CCCC(CC(=O)NC(CO)C(O)CCCCCCCCCCCCCCCCC)OC(=O)CCCCCCCCCCCCCCCCC. The highest BCUT2D eigenvalue weighted by Gasteiger charge is 2.24. The van der Waals surface area contributed by atoms with Gasteiger partial charge in [-0.25, -0.2) is 0 Å². The highest BCUT2D eigenvalue weighted by atomic mass is 16.5. The van der Waals surface area contributed by atoms with Gasteiger partial charge in [-0.1, -0.05) is 251 Å². The van der Waals surface area contributed by atoms with Gasteiger partial charge in [0.1, 0.15) is 6.10 Å². The topological polar surface area (TPSA) is 95.9 Å². The quantitative estimate of drug-likeness (QED) is 0.0322. The van der Waals surface area contributed by atoms with Crippen molar-refractivity contribution in [1.29, 1.82) is 0 Å². The summed E-state index contributed by atoms with van der Waals surface area (Å²) in [4.78, 5) is 26.1. The number of unbranched alkanes of at least 4 members (excludes halogenated alkanes) is 35. The second kappa shape index (κ2) is 48.6. The summed E-state index contributed by atoms with van der Waals surface area (Å²) in [5.74, 6) is -0.485. The van der Waals surface area contributed by atoms with E-state index in [1.54, 1.807) is 0 Å². The summed E-state index contributed by atoms with van der Waals surface area (Å²) < 4.78 is 5.92. The summed E-state index contributed by atoms with van der Waals surface area (Å²) in [5.41, 5.74) is 0. The van der Waals surface area contributed by atoms with Crippen molar-refractivity contribution >= 4 is 11.9 Å². The molecule has 0 spiro atoms. The van der Waals surface area contributed by atoms with E-state index >= 15 is 0 Å². The Morgan fingerprint density at radius 1 is 0.467 bits per heavy atom. The number of esters is 1. The normalized spacial score (nSPS) is 13.2. The zero-order valence-corrected chi connectivity index (χ0v) is 40.6. The molecule has 3 unspecified atom stereocenters. The molecule has 0 heterocycles. The Labute approximate surface area is 374 Å². The number of amides is 1. The minimum absolute atomic E-state index is 0.0637. The highest BCUT2D eigenvalue weighted by Crippen LogP contribution is 2.18. The number of hydrogen-bond donors (Lipinski definition) is 3. The maximum absolute atomic E-state index is 13.2. The van der Waals surface area contributed by atoms with E-state index in [0.717, 1.165) is 51.4 Å². The number of carbonyl (C=O) groups excluding carboxylic acids is 2. The van der Waals surface area contributed by atoms with Crippen LogP contribution in [0.5, 0.6) is 0 Å². The van der Waals surface area contributed by atoms with E-state index in [9.17, 15) is 19.8 Å². The number of ether oxygens (including phenoxy) is 1. The molecular formula is C54H105NO5. The summed E-state index contributed by atoms with van der Waals surface area (Å²) in [6.07, 6.45) is 54.2. The number of nitrogens with one attached hydrogen (secondary N) is 1. The van der Waals surface area contributed by atoms with Gasteiger partial charge in [0.05, 0.1) is 25.2 Å². The molecule has 1 amide bonds. The van der Waals surface area contributed by atoms with Gasteiger partial charge in [-0.2, -0.15) is 0 Å². The molecule has 0 aliphatic rings. The Morgan fingerprint density at radius 3 is 1.22 bits per heavy atom. The number of rotatable bonds is 49. The Bertz CT molecular complexity index is 909. The summed E-state index contributed by atoms with van der Waals surface area (Å²) >= 11 is 0. The Balaban J connectivity index is 4.48. The zero-order chi connectivity index (χ0) is 43.8. The molecule has 0 aliphatic carbocycles. The third-order valence-corrected chi connectivity index (χ3v) is 12.6. The van der Waals surface area contributed by atoms with Crippen LogP contribution in [-0.2, 0) is 14.3 Å². The van der Waals surface area contributed by atoms with Crippen LogP contribution in [0.25, 0.3) is 0 Å². The smallest absolute Gasteiger partial charge is 0.306 e. The second-order valence-electron chi connectivity index (χ2n) is 18.6. The fourth-order valence-electron chi connectivity index (χ4n) is 8.49. The van der Waals surface area contributed by atoms with Crippen molar-refractivity contribution in [3.8, 4) is 0 Å². The average Bonchev–Trinajstić information content (AvgIpc) is 3.24. The molecule has 0 radical (unpaired) electrons. The van der Waals surface area contributed by atoms with Crippen LogP contribution in [0, 0.1) is 0 Å². The third-order valence-electron chi connectivity index (χ3n) is 12.6. The Morgan fingerprint density at radius 2 is 0.817 bits per heavy atom. The molecular weight excluding hydrogens is 743 g/mol. The fraction of sp³-hybridized carbons (Fsp3) is 0.926. The maximum atomic E-state index is 13.2. The van der Waals surface area contributed by atoms with E-state index in [1.165, 1.54) is 199 Å². The molecule has 0 aliphatic heterocycles. The zero-order valence-electron chi connectivity index (χ0n) is 40.6. The predicted molar refractivity (Wildman–Crippen MR) is 260 cm³/mol. The lowest BCUT2D eigenvalue weighted by Crippen LogP contribution is -2.46. The van der Waals surface area contributed by atoms with Crippen LogP contribution in [0.2, 0.25) is 0 Å². The van der Waals surface area contributed by atoms with E-state index in [0.29, 0.717) is 19.3 Å². The van der Waals surface area contributed by atoms with Crippen molar-refractivity contribution < 1.29 is 24.5 Å². The first-order valence-corrected chi connectivity index (χ1v) is 26.9. The summed E-state index contributed by atoms with van der Waals surface area (Å²) in [5, 5.41) is 23.8. The van der Waals surface area contributed by atoms with E-state index in [1.807, 2.05) is 0 Å². The monoisotopic (exact) mass is 848 g/mol. The van der Waals surface area contributed by atoms with Gasteiger partial charge in [-0.05, 0) is 44.9 Å². The van der Waals surface area contributed by atoms with Crippen molar-refractivity contribution in [3.63, 3.8) is 0 Å². The minimum Gasteiger partial charge on any atom is -0.462 e. The number of aliphatic hydroxyl groups excluding tert-OH is 2. The molecule has 3 atom stereocenters. The lowest BCUT2D eigenvalue weighted by molar-refractivity contribution is -0.151. The molecule has 0 saturated heterocycles. The van der Waals surface area contributed by atoms with Crippen molar-refractivity contribution in [2.24, 2.45) is 0 Å². The fourth-order valence-corrected chi connectivity index (χ4v) is 8.49. The number of aliphatic hydroxyl groups is 2. The van der Waals surface area contributed by atoms with Crippen LogP contribution in [-0.4, -0.2) is 46.9 Å². The molecule has 0 saturated carbocycles. The summed E-state index contributed by atoms with van der Waals surface area (Å²) in [6.45, 7) is 6.49. The number of carbonyl (C=O) groups is 2. The van der Waals surface area contributed by atoms with Crippen molar-refractivity contribution in [2.45, 2.75) is 315 Å². The maximum Gasteiger partial charge on any atom is 0.306 e. The Hall–Kier alpha value is -1.40. The van der Waals surface area contributed by atoms with Gasteiger partial charge >= 0.3 is 5.97 Å². The van der Waals surface area contributed by atoms with E-state index in [2.05, 4.69) is 38.2 Å². The summed E-state index contributed by atoms with van der Waals surface area (Å²) in [7, 11) is 0.